The first-order valence-corrected chi connectivity index (χ1v) is 10.7. The first kappa shape index (κ1) is 23.7. The third kappa shape index (κ3) is 6.07. The van der Waals surface area contributed by atoms with Crippen molar-refractivity contribution in [2.75, 3.05) is 6.61 Å². The second-order valence-corrected chi connectivity index (χ2v) is 8.54. The molecule has 4 heteroatoms. The number of hydrogen-bond acceptors (Lipinski definition) is 4. The van der Waals surface area contributed by atoms with E-state index in [4.69, 9.17) is 9.47 Å². The standard InChI is InChI=1S/C29H28O4/c1-6-27(30)33-26-17-13-24(14-18-26)22-9-7-21(8-10-22)23-11-15-25(16-12-23)29(4,5)19-32-28(31)20(2)3/h6-18H,1-2,19H2,3-5H3. The van der Waals surface area contributed by atoms with Crippen LogP contribution in [0, 0.1) is 0 Å². The maximum absolute atomic E-state index is 11.7. The first-order valence-electron chi connectivity index (χ1n) is 10.7. The minimum absolute atomic E-state index is 0.290. The Morgan fingerprint density at radius 1 is 0.818 bits per heavy atom. The van der Waals surface area contributed by atoms with E-state index in [-0.39, 0.29) is 18.0 Å². The van der Waals surface area contributed by atoms with Crippen molar-refractivity contribution in [2.24, 2.45) is 0 Å². The van der Waals surface area contributed by atoms with E-state index in [0.29, 0.717) is 11.3 Å². The van der Waals surface area contributed by atoms with Crippen LogP contribution in [0.3, 0.4) is 0 Å². The second-order valence-electron chi connectivity index (χ2n) is 8.54. The largest absolute Gasteiger partial charge is 0.461 e. The smallest absolute Gasteiger partial charge is 0.335 e. The molecule has 3 aromatic rings. The van der Waals surface area contributed by atoms with Crippen LogP contribution in [0.15, 0.2) is 97.6 Å². The summed E-state index contributed by atoms with van der Waals surface area (Å²) in [7, 11) is 0. The molecule has 0 aliphatic carbocycles. The Labute approximate surface area is 195 Å². The van der Waals surface area contributed by atoms with Crippen molar-refractivity contribution < 1.29 is 19.1 Å². The summed E-state index contributed by atoms with van der Waals surface area (Å²) in [6.07, 6.45) is 1.14. The summed E-state index contributed by atoms with van der Waals surface area (Å²) >= 11 is 0. The van der Waals surface area contributed by atoms with E-state index in [1.165, 1.54) is 0 Å². The molecule has 0 N–H and O–H groups in total. The van der Waals surface area contributed by atoms with Crippen molar-refractivity contribution in [1.29, 1.82) is 0 Å². The number of esters is 2. The summed E-state index contributed by atoms with van der Waals surface area (Å²) in [5.74, 6) is -0.362. The molecule has 0 unspecified atom stereocenters. The molecule has 4 nitrogen and oxygen atoms in total. The van der Waals surface area contributed by atoms with Crippen LogP contribution >= 0.6 is 0 Å². The Kier molecular flexibility index (Phi) is 7.29. The zero-order valence-corrected chi connectivity index (χ0v) is 19.3. The molecule has 0 aliphatic rings. The SMILES string of the molecule is C=CC(=O)Oc1ccc(-c2ccc(-c3ccc(C(C)(C)COC(=O)C(=C)C)cc3)cc2)cc1. The fraction of sp³-hybridized carbons (Fsp3) is 0.172. The zero-order chi connectivity index (χ0) is 24.0. The van der Waals surface area contributed by atoms with Gasteiger partial charge in [-0.25, -0.2) is 9.59 Å². The van der Waals surface area contributed by atoms with Gasteiger partial charge in [0.05, 0.1) is 0 Å². The quantitative estimate of drug-likeness (QED) is 0.228. The molecular formula is C29H28O4. The lowest BCUT2D eigenvalue weighted by Crippen LogP contribution is -2.26. The lowest BCUT2D eigenvalue weighted by molar-refractivity contribution is -0.140. The highest BCUT2D eigenvalue weighted by atomic mass is 16.5. The highest BCUT2D eigenvalue weighted by Gasteiger charge is 2.23. The van der Waals surface area contributed by atoms with Gasteiger partial charge in [-0.2, -0.15) is 0 Å². The van der Waals surface area contributed by atoms with Gasteiger partial charge in [0.25, 0.3) is 0 Å². The summed E-state index contributed by atoms with van der Waals surface area (Å²) in [6, 6.07) is 23.9. The molecule has 3 aromatic carbocycles. The van der Waals surface area contributed by atoms with E-state index >= 15 is 0 Å². The van der Waals surface area contributed by atoms with Crippen LogP contribution in [0.5, 0.6) is 5.75 Å². The zero-order valence-electron chi connectivity index (χ0n) is 19.3. The van der Waals surface area contributed by atoms with Crippen molar-refractivity contribution in [3.05, 3.63) is 103 Å². The molecule has 0 saturated heterocycles. The molecule has 0 radical (unpaired) electrons. The fourth-order valence-electron chi connectivity index (χ4n) is 3.29. The van der Waals surface area contributed by atoms with Crippen molar-refractivity contribution in [1.82, 2.24) is 0 Å². The third-order valence-corrected chi connectivity index (χ3v) is 5.37. The molecule has 0 bridgehead atoms. The number of rotatable bonds is 8. The summed E-state index contributed by atoms with van der Waals surface area (Å²) in [6.45, 7) is 13.0. The van der Waals surface area contributed by atoms with E-state index in [1.54, 1.807) is 19.1 Å². The molecule has 0 amide bonds. The predicted molar refractivity (Wildman–Crippen MR) is 132 cm³/mol. The molecular weight excluding hydrogens is 412 g/mol. The van der Waals surface area contributed by atoms with Gasteiger partial charge < -0.3 is 9.47 Å². The van der Waals surface area contributed by atoms with Crippen LogP contribution in [0.25, 0.3) is 22.3 Å². The minimum Gasteiger partial charge on any atom is -0.461 e. The maximum Gasteiger partial charge on any atom is 0.335 e. The van der Waals surface area contributed by atoms with Gasteiger partial charge in [-0.15, -0.1) is 0 Å². The van der Waals surface area contributed by atoms with E-state index < -0.39 is 5.97 Å². The van der Waals surface area contributed by atoms with Crippen molar-refractivity contribution in [2.45, 2.75) is 26.2 Å². The summed E-state index contributed by atoms with van der Waals surface area (Å²) in [5.41, 5.74) is 5.49. The van der Waals surface area contributed by atoms with Gasteiger partial charge in [0.15, 0.2) is 0 Å². The van der Waals surface area contributed by atoms with Crippen LogP contribution in [-0.2, 0) is 19.7 Å². The summed E-state index contributed by atoms with van der Waals surface area (Å²) in [4.78, 5) is 23.0. The monoisotopic (exact) mass is 440 g/mol. The van der Waals surface area contributed by atoms with Crippen molar-refractivity contribution in [3.8, 4) is 28.0 Å². The van der Waals surface area contributed by atoms with Crippen LogP contribution in [0.2, 0.25) is 0 Å². The van der Waals surface area contributed by atoms with Crippen molar-refractivity contribution >= 4 is 11.9 Å². The normalized spacial score (nSPS) is 10.9. The van der Waals surface area contributed by atoms with Crippen molar-refractivity contribution in [3.63, 3.8) is 0 Å². The Morgan fingerprint density at radius 2 is 1.24 bits per heavy atom. The second kappa shape index (κ2) is 10.1. The Bertz CT molecular complexity index is 1150. The number of hydrogen-bond donors (Lipinski definition) is 0. The van der Waals surface area contributed by atoms with Gasteiger partial charge in [0.2, 0.25) is 0 Å². The lowest BCUT2D eigenvalue weighted by atomic mass is 9.84. The predicted octanol–water partition coefficient (Wildman–Crippen LogP) is 6.51. The number of benzene rings is 3. The molecule has 168 valence electrons. The van der Waals surface area contributed by atoms with Gasteiger partial charge in [0.1, 0.15) is 12.4 Å². The highest BCUT2D eigenvalue weighted by Crippen LogP contribution is 2.29. The topological polar surface area (TPSA) is 52.6 Å². The summed E-state index contributed by atoms with van der Waals surface area (Å²) in [5, 5.41) is 0. The number of carbonyl (C=O) groups excluding carboxylic acids is 2. The van der Waals surface area contributed by atoms with Crippen LogP contribution in [-0.4, -0.2) is 18.5 Å². The number of carbonyl (C=O) groups is 2. The van der Waals surface area contributed by atoms with E-state index in [0.717, 1.165) is 33.9 Å². The Morgan fingerprint density at radius 3 is 1.67 bits per heavy atom. The Balaban J connectivity index is 1.69. The molecule has 0 aliphatic heterocycles. The Hall–Kier alpha value is -3.92. The summed E-state index contributed by atoms with van der Waals surface area (Å²) < 4.78 is 10.5. The molecule has 0 aromatic heterocycles. The third-order valence-electron chi connectivity index (χ3n) is 5.37. The molecule has 0 saturated carbocycles. The average Bonchev–Trinajstić information content (AvgIpc) is 2.83. The molecule has 0 spiro atoms. The van der Waals surface area contributed by atoms with Gasteiger partial charge in [-0.05, 0) is 46.9 Å². The van der Waals surface area contributed by atoms with Gasteiger partial charge >= 0.3 is 11.9 Å². The minimum atomic E-state index is -0.477. The van der Waals surface area contributed by atoms with E-state index in [1.807, 2.05) is 26.0 Å². The molecule has 0 atom stereocenters. The lowest BCUT2D eigenvalue weighted by Gasteiger charge is -2.25. The molecule has 3 rings (SSSR count). The molecule has 0 fully saturated rings. The van der Waals surface area contributed by atoms with E-state index in [2.05, 4.69) is 61.7 Å². The van der Waals surface area contributed by atoms with E-state index in [9.17, 15) is 9.59 Å². The molecule has 33 heavy (non-hydrogen) atoms. The first-order chi connectivity index (χ1) is 15.7. The fourth-order valence-corrected chi connectivity index (χ4v) is 3.29. The highest BCUT2D eigenvalue weighted by molar-refractivity contribution is 5.87. The van der Waals surface area contributed by atoms with Gasteiger partial charge in [-0.1, -0.05) is 87.7 Å². The van der Waals surface area contributed by atoms with Crippen LogP contribution < -0.4 is 4.74 Å². The average molecular weight is 441 g/mol. The maximum atomic E-state index is 11.7. The van der Waals surface area contributed by atoms with Gasteiger partial charge in [-0.3, -0.25) is 0 Å². The van der Waals surface area contributed by atoms with Crippen LogP contribution in [0.4, 0.5) is 0 Å². The number of ether oxygens (including phenoxy) is 2. The van der Waals surface area contributed by atoms with Gasteiger partial charge in [0, 0.05) is 17.1 Å². The molecule has 0 heterocycles. The van der Waals surface area contributed by atoms with Crippen LogP contribution in [0.1, 0.15) is 26.3 Å².